The summed E-state index contributed by atoms with van der Waals surface area (Å²) < 4.78 is 15.5. The third-order valence-electron chi connectivity index (χ3n) is 4.22. The van der Waals surface area contributed by atoms with Crippen molar-refractivity contribution in [1.82, 2.24) is 0 Å². The highest BCUT2D eigenvalue weighted by Crippen LogP contribution is 2.28. The summed E-state index contributed by atoms with van der Waals surface area (Å²) in [4.78, 5) is 23.8. The van der Waals surface area contributed by atoms with Crippen LogP contribution in [0.4, 0.5) is 5.69 Å². The standard InChI is InChI=1S/C21H25NO5/c1-14-5-8-17(11-15(14)2)22-20(23)13-27-21(24)10-7-16-6-9-18(25-3)19(12-16)26-4/h5-6,8-9,11-12H,7,10,13H2,1-4H3,(H,22,23). The second-order valence-corrected chi connectivity index (χ2v) is 6.20. The van der Waals surface area contributed by atoms with E-state index in [1.807, 2.05) is 44.2 Å². The molecule has 144 valence electrons. The Bertz CT molecular complexity index is 816. The van der Waals surface area contributed by atoms with Crippen molar-refractivity contribution >= 4 is 17.6 Å². The number of benzene rings is 2. The van der Waals surface area contributed by atoms with Gasteiger partial charge in [-0.2, -0.15) is 0 Å². The summed E-state index contributed by atoms with van der Waals surface area (Å²) in [6.45, 7) is 3.66. The van der Waals surface area contributed by atoms with Gasteiger partial charge in [0, 0.05) is 12.1 Å². The van der Waals surface area contributed by atoms with Gasteiger partial charge in [-0.25, -0.2) is 0 Å². The Morgan fingerprint density at radius 3 is 2.33 bits per heavy atom. The Labute approximate surface area is 159 Å². The molecule has 0 atom stereocenters. The maximum Gasteiger partial charge on any atom is 0.306 e. The lowest BCUT2D eigenvalue weighted by atomic mass is 10.1. The maximum atomic E-state index is 11.9. The number of nitrogens with one attached hydrogen (secondary N) is 1. The molecule has 1 amide bonds. The molecule has 0 aliphatic heterocycles. The SMILES string of the molecule is COc1ccc(CCC(=O)OCC(=O)Nc2ccc(C)c(C)c2)cc1OC. The number of carbonyl (C=O) groups is 2. The van der Waals surface area contributed by atoms with Crippen molar-refractivity contribution in [1.29, 1.82) is 0 Å². The Hall–Kier alpha value is -3.02. The summed E-state index contributed by atoms with van der Waals surface area (Å²) in [6, 6.07) is 11.1. The van der Waals surface area contributed by atoms with Gasteiger partial charge in [-0.05, 0) is 61.2 Å². The Morgan fingerprint density at radius 1 is 0.926 bits per heavy atom. The number of carbonyl (C=O) groups excluding carboxylic acids is 2. The van der Waals surface area contributed by atoms with Gasteiger partial charge < -0.3 is 19.5 Å². The van der Waals surface area contributed by atoms with Crippen LogP contribution in [0.1, 0.15) is 23.1 Å². The van der Waals surface area contributed by atoms with E-state index < -0.39 is 5.97 Å². The summed E-state index contributed by atoms with van der Waals surface area (Å²) in [5.74, 6) is 0.445. The smallest absolute Gasteiger partial charge is 0.306 e. The van der Waals surface area contributed by atoms with Gasteiger partial charge in [0.25, 0.3) is 5.91 Å². The average Bonchev–Trinajstić information content (AvgIpc) is 2.67. The zero-order valence-electron chi connectivity index (χ0n) is 16.1. The van der Waals surface area contributed by atoms with Crippen molar-refractivity contribution < 1.29 is 23.8 Å². The number of esters is 1. The van der Waals surface area contributed by atoms with Crippen LogP contribution in [0.2, 0.25) is 0 Å². The molecule has 6 heteroatoms. The van der Waals surface area contributed by atoms with E-state index in [0.29, 0.717) is 23.6 Å². The summed E-state index contributed by atoms with van der Waals surface area (Å²) in [6.07, 6.45) is 0.657. The van der Waals surface area contributed by atoms with E-state index in [-0.39, 0.29) is 18.9 Å². The average molecular weight is 371 g/mol. The predicted octanol–water partition coefficient (Wildman–Crippen LogP) is 3.44. The zero-order chi connectivity index (χ0) is 19.8. The molecule has 2 aromatic carbocycles. The van der Waals surface area contributed by atoms with Crippen molar-refractivity contribution in [3.05, 3.63) is 53.1 Å². The van der Waals surface area contributed by atoms with Crippen LogP contribution < -0.4 is 14.8 Å². The first-order valence-corrected chi connectivity index (χ1v) is 8.66. The van der Waals surface area contributed by atoms with Crippen LogP contribution in [-0.2, 0) is 20.7 Å². The lowest BCUT2D eigenvalue weighted by Gasteiger charge is -2.10. The molecule has 2 aromatic rings. The number of anilines is 1. The highest BCUT2D eigenvalue weighted by molar-refractivity contribution is 5.92. The van der Waals surface area contributed by atoms with Crippen LogP contribution in [0.25, 0.3) is 0 Å². The summed E-state index contributed by atoms with van der Waals surface area (Å²) in [7, 11) is 3.13. The highest BCUT2D eigenvalue weighted by Gasteiger charge is 2.10. The Morgan fingerprint density at radius 2 is 1.67 bits per heavy atom. The van der Waals surface area contributed by atoms with Crippen LogP contribution in [0.15, 0.2) is 36.4 Å². The molecule has 2 rings (SSSR count). The van der Waals surface area contributed by atoms with E-state index in [2.05, 4.69) is 5.32 Å². The molecule has 0 saturated heterocycles. The van der Waals surface area contributed by atoms with Gasteiger partial charge in [0.2, 0.25) is 0 Å². The molecular formula is C21H25NO5. The molecule has 0 fully saturated rings. The number of ether oxygens (including phenoxy) is 3. The predicted molar refractivity (Wildman–Crippen MR) is 103 cm³/mol. The molecule has 0 aliphatic rings. The molecular weight excluding hydrogens is 346 g/mol. The monoisotopic (exact) mass is 371 g/mol. The molecule has 0 heterocycles. The number of rotatable bonds is 8. The maximum absolute atomic E-state index is 11.9. The molecule has 1 N–H and O–H groups in total. The van der Waals surface area contributed by atoms with Crippen LogP contribution >= 0.6 is 0 Å². The topological polar surface area (TPSA) is 73.9 Å². The molecule has 0 aliphatic carbocycles. The largest absolute Gasteiger partial charge is 0.493 e. The van der Waals surface area contributed by atoms with Crippen molar-refractivity contribution in [2.45, 2.75) is 26.7 Å². The summed E-state index contributed by atoms with van der Waals surface area (Å²) in [5, 5.41) is 2.72. The molecule has 0 unspecified atom stereocenters. The van der Waals surface area contributed by atoms with E-state index in [1.165, 1.54) is 0 Å². The van der Waals surface area contributed by atoms with Gasteiger partial charge in [-0.15, -0.1) is 0 Å². The second kappa shape index (κ2) is 9.62. The van der Waals surface area contributed by atoms with E-state index in [4.69, 9.17) is 14.2 Å². The van der Waals surface area contributed by atoms with Crippen molar-refractivity contribution in [3.63, 3.8) is 0 Å². The third kappa shape index (κ3) is 6.02. The van der Waals surface area contributed by atoms with Gasteiger partial charge in [-0.3, -0.25) is 9.59 Å². The highest BCUT2D eigenvalue weighted by atomic mass is 16.5. The van der Waals surface area contributed by atoms with Gasteiger partial charge in [-0.1, -0.05) is 12.1 Å². The first kappa shape index (κ1) is 20.3. The fourth-order valence-electron chi connectivity index (χ4n) is 2.52. The molecule has 6 nitrogen and oxygen atoms in total. The zero-order valence-corrected chi connectivity index (χ0v) is 16.1. The number of amides is 1. The fraction of sp³-hybridized carbons (Fsp3) is 0.333. The summed E-state index contributed by atoms with van der Waals surface area (Å²) >= 11 is 0. The molecule has 0 radical (unpaired) electrons. The lowest BCUT2D eigenvalue weighted by Crippen LogP contribution is -2.21. The van der Waals surface area contributed by atoms with Gasteiger partial charge in [0.15, 0.2) is 18.1 Å². The van der Waals surface area contributed by atoms with E-state index in [1.54, 1.807) is 20.3 Å². The van der Waals surface area contributed by atoms with E-state index in [9.17, 15) is 9.59 Å². The van der Waals surface area contributed by atoms with Gasteiger partial charge in [0.05, 0.1) is 14.2 Å². The quantitative estimate of drug-likeness (QED) is 0.720. The first-order valence-electron chi connectivity index (χ1n) is 8.66. The minimum absolute atomic E-state index is 0.173. The lowest BCUT2D eigenvalue weighted by molar-refractivity contribution is -0.147. The van der Waals surface area contributed by atoms with Crippen LogP contribution in [0, 0.1) is 13.8 Å². The second-order valence-electron chi connectivity index (χ2n) is 6.20. The number of methoxy groups -OCH3 is 2. The first-order chi connectivity index (χ1) is 12.9. The number of aryl methyl sites for hydroxylation is 3. The number of hydrogen-bond donors (Lipinski definition) is 1. The van der Waals surface area contributed by atoms with Crippen LogP contribution in [0.5, 0.6) is 11.5 Å². The van der Waals surface area contributed by atoms with Gasteiger partial charge in [0.1, 0.15) is 0 Å². The molecule has 0 saturated carbocycles. The normalized spacial score (nSPS) is 10.2. The molecule has 0 aromatic heterocycles. The number of hydrogen-bond acceptors (Lipinski definition) is 5. The fourth-order valence-corrected chi connectivity index (χ4v) is 2.52. The van der Waals surface area contributed by atoms with Crippen LogP contribution in [0.3, 0.4) is 0 Å². The molecule has 0 bridgehead atoms. The minimum atomic E-state index is -0.431. The van der Waals surface area contributed by atoms with Crippen LogP contribution in [-0.4, -0.2) is 32.7 Å². The molecule has 0 spiro atoms. The summed E-state index contributed by atoms with van der Waals surface area (Å²) in [5.41, 5.74) is 3.84. The minimum Gasteiger partial charge on any atom is -0.493 e. The van der Waals surface area contributed by atoms with Crippen molar-refractivity contribution in [2.75, 3.05) is 26.1 Å². The molecule has 27 heavy (non-hydrogen) atoms. The van der Waals surface area contributed by atoms with Gasteiger partial charge >= 0.3 is 5.97 Å². The Balaban J connectivity index is 1.78. The van der Waals surface area contributed by atoms with Crippen molar-refractivity contribution in [2.24, 2.45) is 0 Å². The van der Waals surface area contributed by atoms with Crippen molar-refractivity contribution in [3.8, 4) is 11.5 Å². The van der Waals surface area contributed by atoms with E-state index >= 15 is 0 Å². The van der Waals surface area contributed by atoms with E-state index in [0.717, 1.165) is 16.7 Å². The third-order valence-corrected chi connectivity index (χ3v) is 4.22. The Kier molecular flexibility index (Phi) is 7.23.